The molecule has 0 radical (unpaired) electrons. The zero-order chi connectivity index (χ0) is 18.4. The molecule has 0 aromatic heterocycles. The van der Waals surface area contributed by atoms with Crippen molar-refractivity contribution in [3.63, 3.8) is 0 Å². The van der Waals surface area contributed by atoms with Gasteiger partial charge < -0.3 is 9.47 Å². The molecule has 5 nitrogen and oxygen atoms in total. The summed E-state index contributed by atoms with van der Waals surface area (Å²) in [7, 11) is 1.50. The van der Waals surface area contributed by atoms with Crippen molar-refractivity contribution in [3.8, 4) is 11.5 Å². The number of hydrazone groups is 1. The van der Waals surface area contributed by atoms with Gasteiger partial charge in [0.05, 0.1) is 25.0 Å². The lowest BCUT2D eigenvalue weighted by Crippen LogP contribution is -2.18. The van der Waals surface area contributed by atoms with Crippen LogP contribution in [-0.2, 0) is 0 Å². The van der Waals surface area contributed by atoms with E-state index in [1.165, 1.54) is 13.3 Å². The first-order valence-electron chi connectivity index (χ1n) is 7.54. The zero-order valence-electron chi connectivity index (χ0n) is 14.0. The maximum absolute atomic E-state index is 12.3. The first kappa shape index (κ1) is 19.3. The van der Waals surface area contributed by atoms with E-state index in [2.05, 4.69) is 26.5 Å². The number of halogens is 2. The molecule has 0 aliphatic rings. The number of carbonyl (C=O) groups is 1. The van der Waals surface area contributed by atoms with Crippen molar-refractivity contribution in [2.24, 2.45) is 5.10 Å². The number of rotatable bonds is 6. The molecule has 0 atom stereocenters. The summed E-state index contributed by atoms with van der Waals surface area (Å²) in [6.45, 7) is 3.85. The van der Waals surface area contributed by atoms with Crippen LogP contribution in [0.1, 0.15) is 29.8 Å². The molecule has 0 spiro atoms. The van der Waals surface area contributed by atoms with Crippen molar-refractivity contribution in [1.82, 2.24) is 5.43 Å². The molecule has 2 aromatic rings. The highest BCUT2D eigenvalue weighted by molar-refractivity contribution is 9.10. The topological polar surface area (TPSA) is 59.9 Å². The van der Waals surface area contributed by atoms with E-state index in [0.29, 0.717) is 27.6 Å². The molecule has 25 heavy (non-hydrogen) atoms. The van der Waals surface area contributed by atoms with Gasteiger partial charge in [0.1, 0.15) is 11.5 Å². The van der Waals surface area contributed by atoms with Crippen molar-refractivity contribution in [2.45, 2.75) is 20.0 Å². The van der Waals surface area contributed by atoms with E-state index in [-0.39, 0.29) is 12.0 Å². The monoisotopic (exact) mass is 424 g/mol. The number of amides is 1. The Morgan fingerprint density at radius 1 is 1.24 bits per heavy atom. The van der Waals surface area contributed by atoms with Gasteiger partial charge in [0, 0.05) is 15.1 Å². The van der Waals surface area contributed by atoms with Crippen LogP contribution in [0.15, 0.2) is 46.0 Å². The van der Waals surface area contributed by atoms with E-state index in [1.54, 1.807) is 36.4 Å². The van der Waals surface area contributed by atoms with Crippen molar-refractivity contribution in [2.75, 3.05) is 7.11 Å². The Labute approximate surface area is 160 Å². The Morgan fingerprint density at radius 3 is 2.64 bits per heavy atom. The third-order valence-corrected chi connectivity index (χ3v) is 3.84. The second-order valence-electron chi connectivity index (χ2n) is 5.39. The number of hydrogen-bond donors (Lipinski definition) is 1. The Morgan fingerprint density at radius 2 is 1.96 bits per heavy atom. The number of benzene rings is 2. The maximum Gasteiger partial charge on any atom is 0.275 e. The molecule has 0 fully saturated rings. The summed E-state index contributed by atoms with van der Waals surface area (Å²) in [5.74, 6) is 0.711. The molecule has 1 N–H and O–H groups in total. The van der Waals surface area contributed by atoms with Crippen molar-refractivity contribution in [1.29, 1.82) is 0 Å². The fourth-order valence-electron chi connectivity index (χ4n) is 2.06. The van der Waals surface area contributed by atoms with Gasteiger partial charge in [-0.25, -0.2) is 5.43 Å². The summed E-state index contributed by atoms with van der Waals surface area (Å²) >= 11 is 9.36. The quantitative estimate of drug-likeness (QED) is 0.541. The number of nitrogens with zero attached hydrogens (tertiary/aromatic N) is 1. The van der Waals surface area contributed by atoms with Gasteiger partial charge in [-0.3, -0.25) is 4.79 Å². The zero-order valence-corrected chi connectivity index (χ0v) is 16.4. The van der Waals surface area contributed by atoms with Crippen LogP contribution in [-0.4, -0.2) is 25.3 Å². The number of carbonyl (C=O) groups excluding carboxylic acids is 1. The normalized spacial score (nSPS) is 11.0. The molecule has 0 unspecified atom stereocenters. The maximum atomic E-state index is 12.3. The van der Waals surface area contributed by atoms with Crippen LogP contribution in [0.3, 0.4) is 0 Å². The lowest BCUT2D eigenvalue weighted by Gasteiger charge is -2.12. The van der Waals surface area contributed by atoms with Gasteiger partial charge in [-0.05, 0) is 50.2 Å². The van der Waals surface area contributed by atoms with Crippen molar-refractivity contribution in [3.05, 3.63) is 57.0 Å². The van der Waals surface area contributed by atoms with E-state index in [9.17, 15) is 4.79 Å². The summed E-state index contributed by atoms with van der Waals surface area (Å²) in [5.41, 5.74) is 3.52. The third-order valence-electron chi connectivity index (χ3n) is 3.11. The summed E-state index contributed by atoms with van der Waals surface area (Å²) in [6.07, 6.45) is 1.50. The number of hydrogen-bond acceptors (Lipinski definition) is 4. The van der Waals surface area contributed by atoms with Crippen LogP contribution in [0.25, 0.3) is 0 Å². The first-order chi connectivity index (χ1) is 11.9. The van der Waals surface area contributed by atoms with Crippen LogP contribution in [0.4, 0.5) is 0 Å². The van der Waals surface area contributed by atoms with Crippen LogP contribution >= 0.6 is 27.5 Å². The van der Waals surface area contributed by atoms with Gasteiger partial charge in [-0.1, -0.05) is 27.5 Å². The third kappa shape index (κ3) is 5.47. The van der Waals surface area contributed by atoms with E-state index in [4.69, 9.17) is 21.1 Å². The predicted molar refractivity (Wildman–Crippen MR) is 103 cm³/mol. The van der Waals surface area contributed by atoms with Gasteiger partial charge in [0.15, 0.2) is 0 Å². The fraction of sp³-hybridized carbons (Fsp3) is 0.222. The Bertz CT molecular complexity index is 794. The molecule has 0 heterocycles. The minimum atomic E-state index is -0.386. The van der Waals surface area contributed by atoms with Crippen molar-refractivity contribution >= 4 is 39.7 Å². The van der Waals surface area contributed by atoms with E-state index in [1.807, 2.05) is 13.8 Å². The molecule has 0 saturated heterocycles. The number of ether oxygens (including phenoxy) is 2. The lowest BCUT2D eigenvalue weighted by atomic mass is 10.2. The molecule has 0 saturated carbocycles. The molecule has 2 rings (SSSR count). The highest BCUT2D eigenvalue weighted by atomic mass is 79.9. The summed E-state index contributed by atoms with van der Waals surface area (Å²) in [4.78, 5) is 12.3. The molecule has 132 valence electrons. The molecule has 0 aliphatic heterocycles. The van der Waals surface area contributed by atoms with Gasteiger partial charge in [0.2, 0.25) is 0 Å². The van der Waals surface area contributed by atoms with Gasteiger partial charge >= 0.3 is 0 Å². The largest absolute Gasteiger partial charge is 0.496 e. The standard InChI is InChI=1S/C18H18BrClN2O3/c1-11(2)25-16-7-5-14(20)8-12(16)10-21-22-18(23)15-9-13(19)4-6-17(15)24-3/h4-11H,1-3H3,(H,22,23)/b21-10-. The molecule has 7 heteroatoms. The predicted octanol–water partition coefficient (Wildman–Crippen LogP) is 4.66. The highest BCUT2D eigenvalue weighted by Gasteiger charge is 2.12. The van der Waals surface area contributed by atoms with Gasteiger partial charge in [-0.2, -0.15) is 5.10 Å². The molecule has 2 aromatic carbocycles. The molecular formula is C18H18BrClN2O3. The average Bonchev–Trinajstić information content (AvgIpc) is 2.56. The fourth-order valence-corrected chi connectivity index (χ4v) is 2.60. The minimum absolute atomic E-state index is 0.00819. The molecule has 0 bridgehead atoms. The van der Waals surface area contributed by atoms with E-state index in [0.717, 1.165) is 4.47 Å². The SMILES string of the molecule is COc1ccc(Br)cc1C(=O)N/N=C\c1cc(Cl)ccc1OC(C)C. The second-order valence-corrected chi connectivity index (χ2v) is 6.74. The molecule has 0 aliphatic carbocycles. The number of nitrogens with one attached hydrogen (secondary N) is 1. The molecule has 1 amide bonds. The van der Waals surface area contributed by atoms with Crippen LogP contribution in [0.2, 0.25) is 5.02 Å². The summed E-state index contributed by atoms with van der Waals surface area (Å²) in [6, 6.07) is 10.4. The first-order valence-corrected chi connectivity index (χ1v) is 8.71. The number of methoxy groups -OCH3 is 1. The summed E-state index contributed by atoms with van der Waals surface area (Å²) < 4.78 is 11.7. The summed E-state index contributed by atoms with van der Waals surface area (Å²) in [5, 5.41) is 4.55. The second kappa shape index (κ2) is 8.87. The lowest BCUT2D eigenvalue weighted by molar-refractivity contribution is 0.0952. The van der Waals surface area contributed by atoms with Gasteiger partial charge in [0.25, 0.3) is 5.91 Å². The van der Waals surface area contributed by atoms with E-state index >= 15 is 0 Å². The van der Waals surface area contributed by atoms with E-state index < -0.39 is 0 Å². The smallest absolute Gasteiger partial charge is 0.275 e. The van der Waals surface area contributed by atoms with Crippen LogP contribution in [0, 0.1) is 0 Å². The van der Waals surface area contributed by atoms with Crippen molar-refractivity contribution < 1.29 is 14.3 Å². The molecular weight excluding hydrogens is 408 g/mol. The Balaban J connectivity index is 2.17. The average molecular weight is 426 g/mol. The Hall–Kier alpha value is -2.05. The van der Waals surface area contributed by atoms with Crippen LogP contribution in [0.5, 0.6) is 11.5 Å². The van der Waals surface area contributed by atoms with Crippen LogP contribution < -0.4 is 14.9 Å². The minimum Gasteiger partial charge on any atom is -0.496 e. The van der Waals surface area contributed by atoms with Gasteiger partial charge in [-0.15, -0.1) is 0 Å². The Kier molecular flexibility index (Phi) is 6.84. The highest BCUT2D eigenvalue weighted by Crippen LogP contribution is 2.24.